The molecule has 98 valence electrons. The van der Waals surface area contributed by atoms with Crippen molar-refractivity contribution in [1.29, 1.82) is 0 Å². The van der Waals surface area contributed by atoms with Gasteiger partial charge in [0.05, 0.1) is 13.2 Å². The first-order valence-electron chi connectivity index (χ1n) is 6.69. The van der Waals surface area contributed by atoms with Gasteiger partial charge in [-0.05, 0) is 25.8 Å². The first-order chi connectivity index (χ1) is 8.36. The fraction of sp³-hybridized carbons (Fsp3) is 0.917. The van der Waals surface area contributed by atoms with Gasteiger partial charge in [0.25, 0.3) is 0 Å². The Hall–Kier alpha value is -0.810. The topological polar surface area (TPSA) is 44.8 Å². The van der Waals surface area contributed by atoms with E-state index in [1.807, 2.05) is 4.90 Å². The second-order valence-corrected chi connectivity index (χ2v) is 4.73. The number of urea groups is 1. The molecule has 0 aromatic carbocycles. The van der Waals surface area contributed by atoms with Crippen LogP contribution in [0.5, 0.6) is 0 Å². The number of nitrogens with one attached hydrogen (secondary N) is 1. The number of carbonyl (C=O) groups excluding carboxylic acids is 1. The third-order valence-electron chi connectivity index (χ3n) is 3.42. The van der Waals surface area contributed by atoms with Crippen LogP contribution in [-0.4, -0.2) is 68.3 Å². The minimum absolute atomic E-state index is 0.115. The molecule has 0 aliphatic carbocycles. The van der Waals surface area contributed by atoms with E-state index in [1.165, 1.54) is 0 Å². The molecule has 2 saturated heterocycles. The maximum Gasteiger partial charge on any atom is 0.317 e. The van der Waals surface area contributed by atoms with Crippen molar-refractivity contribution in [2.24, 2.45) is 0 Å². The number of hydrogen-bond acceptors (Lipinski definition) is 3. The Bertz CT molecular complexity index is 236. The standard InChI is InChI=1S/C12H23N3O2/c16-12(15-6-1-2-7-15)13-4-3-5-14-8-10-17-11-9-14/h1-11H2,(H,13,16). The van der Waals surface area contributed by atoms with E-state index >= 15 is 0 Å². The summed E-state index contributed by atoms with van der Waals surface area (Å²) < 4.78 is 5.29. The lowest BCUT2D eigenvalue weighted by Gasteiger charge is -2.26. The SMILES string of the molecule is O=C(NCCCN1CCOCC1)N1CCCC1. The van der Waals surface area contributed by atoms with Crippen LogP contribution in [0.3, 0.4) is 0 Å². The summed E-state index contributed by atoms with van der Waals surface area (Å²) in [6.07, 6.45) is 3.34. The van der Waals surface area contributed by atoms with Gasteiger partial charge < -0.3 is 15.0 Å². The highest BCUT2D eigenvalue weighted by molar-refractivity contribution is 5.74. The smallest absolute Gasteiger partial charge is 0.317 e. The summed E-state index contributed by atoms with van der Waals surface area (Å²) in [5.74, 6) is 0. The van der Waals surface area contributed by atoms with Gasteiger partial charge in [0.15, 0.2) is 0 Å². The Morgan fingerprint density at radius 1 is 1.12 bits per heavy atom. The number of amides is 2. The summed E-state index contributed by atoms with van der Waals surface area (Å²) >= 11 is 0. The molecule has 0 bridgehead atoms. The van der Waals surface area contributed by atoms with Crippen LogP contribution in [0.15, 0.2) is 0 Å². The van der Waals surface area contributed by atoms with Crippen molar-refractivity contribution in [2.45, 2.75) is 19.3 Å². The number of carbonyl (C=O) groups is 1. The number of hydrogen-bond donors (Lipinski definition) is 1. The molecule has 2 heterocycles. The van der Waals surface area contributed by atoms with Crippen LogP contribution in [-0.2, 0) is 4.74 Å². The van der Waals surface area contributed by atoms with Gasteiger partial charge in [-0.1, -0.05) is 0 Å². The molecule has 5 nitrogen and oxygen atoms in total. The summed E-state index contributed by atoms with van der Waals surface area (Å²) in [5.41, 5.74) is 0. The van der Waals surface area contributed by atoms with E-state index in [0.29, 0.717) is 0 Å². The monoisotopic (exact) mass is 241 g/mol. The van der Waals surface area contributed by atoms with E-state index < -0.39 is 0 Å². The summed E-state index contributed by atoms with van der Waals surface area (Å²) in [5, 5.41) is 2.99. The predicted molar refractivity (Wildman–Crippen MR) is 66.1 cm³/mol. The van der Waals surface area contributed by atoms with Crippen molar-refractivity contribution in [3.63, 3.8) is 0 Å². The third kappa shape index (κ3) is 4.16. The van der Waals surface area contributed by atoms with Crippen LogP contribution in [0.2, 0.25) is 0 Å². The molecule has 2 rings (SSSR count). The van der Waals surface area contributed by atoms with E-state index in [1.54, 1.807) is 0 Å². The van der Waals surface area contributed by atoms with Crippen molar-refractivity contribution in [2.75, 3.05) is 52.5 Å². The highest BCUT2D eigenvalue weighted by atomic mass is 16.5. The molecule has 1 N–H and O–H groups in total. The zero-order valence-electron chi connectivity index (χ0n) is 10.5. The van der Waals surface area contributed by atoms with Crippen molar-refractivity contribution < 1.29 is 9.53 Å². The average Bonchev–Trinajstić information content (AvgIpc) is 2.89. The highest BCUT2D eigenvalue weighted by Gasteiger charge is 2.17. The zero-order chi connectivity index (χ0) is 11.9. The molecular formula is C12H23N3O2. The fourth-order valence-electron chi connectivity index (χ4n) is 2.35. The highest BCUT2D eigenvalue weighted by Crippen LogP contribution is 2.06. The molecule has 2 aliphatic rings. The number of ether oxygens (including phenoxy) is 1. The second-order valence-electron chi connectivity index (χ2n) is 4.73. The quantitative estimate of drug-likeness (QED) is 0.730. The number of rotatable bonds is 4. The first kappa shape index (κ1) is 12.6. The van der Waals surface area contributed by atoms with Crippen molar-refractivity contribution in [3.05, 3.63) is 0 Å². The molecule has 2 aliphatic heterocycles. The van der Waals surface area contributed by atoms with Crippen LogP contribution < -0.4 is 5.32 Å². The van der Waals surface area contributed by atoms with Crippen molar-refractivity contribution in [3.8, 4) is 0 Å². The van der Waals surface area contributed by atoms with Gasteiger partial charge in [0.1, 0.15) is 0 Å². The molecular weight excluding hydrogens is 218 g/mol. The van der Waals surface area contributed by atoms with Gasteiger partial charge >= 0.3 is 6.03 Å². The molecule has 0 saturated carbocycles. The van der Waals surface area contributed by atoms with Gasteiger partial charge in [0.2, 0.25) is 0 Å². The lowest BCUT2D eigenvalue weighted by atomic mass is 10.3. The molecule has 5 heteroatoms. The van der Waals surface area contributed by atoms with Crippen LogP contribution in [0.1, 0.15) is 19.3 Å². The summed E-state index contributed by atoms with van der Waals surface area (Å²) in [6, 6.07) is 0.115. The van der Waals surface area contributed by atoms with Crippen molar-refractivity contribution >= 4 is 6.03 Å². The van der Waals surface area contributed by atoms with Gasteiger partial charge in [-0.25, -0.2) is 4.79 Å². The third-order valence-corrected chi connectivity index (χ3v) is 3.42. The predicted octanol–water partition coefficient (Wildman–Crippen LogP) is 0.514. The summed E-state index contributed by atoms with van der Waals surface area (Å²) in [6.45, 7) is 7.45. The van der Waals surface area contributed by atoms with Crippen LogP contribution in [0.25, 0.3) is 0 Å². The molecule has 2 fully saturated rings. The maximum atomic E-state index is 11.7. The van der Waals surface area contributed by atoms with Gasteiger partial charge in [-0.15, -0.1) is 0 Å². The van der Waals surface area contributed by atoms with Crippen molar-refractivity contribution in [1.82, 2.24) is 15.1 Å². The molecule has 0 aromatic heterocycles. The lowest BCUT2D eigenvalue weighted by molar-refractivity contribution is 0.0375. The Kier molecular flexibility index (Phi) is 5.07. The molecule has 0 unspecified atom stereocenters. The molecule has 2 amide bonds. The summed E-state index contributed by atoms with van der Waals surface area (Å²) in [7, 11) is 0. The molecule has 17 heavy (non-hydrogen) atoms. The minimum atomic E-state index is 0.115. The Balaban J connectivity index is 1.51. The Morgan fingerprint density at radius 3 is 2.53 bits per heavy atom. The number of morpholine rings is 1. The van der Waals surface area contributed by atoms with Gasteiger partial charge in [0, 0.05) is 32.7 Å². The summed E-state index contributed by atoms with van der Waals surface area (Å²) in [4.78, 5) is 16.0. The average molecular weight is 241 g/mol. The normalized spacial score (nSPS) is 21.8. The van der Waals surface area contributed by atoms with E-state index in [2.05, 4.69) is 10.2 Å². The zero-order valence-corrected chi connectivity index (χ0v) is 10.5. The molecule has 0 spiro atoms. The van der Waals surface area contributed by atoms with Crippen LogP contribution in [0.4, 0.5) is 4.79 Å². The van der Waals surface area contributed by atoms with E-state index in [0.717, 1.165) is 71.7 Å². The minimum Gasteiger partial charge on any atom is -0.379 e. The Labute approximate surface area is 103 Å². The fourth-order valence-corrected chi connectivity index (χ4v) is 2.35. The van der Waals surface area contributed by atoms with Crippen LogP contribution >= 0.6 is 0 Å². The van der Waals surface area contributed by atoms with E-state index in [4.69, 9.17) is 4.74 Å². The number of nitrogens with zero attached hydrogens (tertiary/aromatic N) is 2. The van der Waals surface area contributed by atoms with E-state index in [-0.39, 0.29) is 6.03 Å². The first-order valence-corrected chi connectivity index (χ1v) is 6.69. The number of likely N-dealkylation sites (tertiary alicyclic amines) is 1. The van der Waals surface area contributed by atoms with E-state index in [9.17, 15) is 4.79 Å². The second kappa shape index (κ2) is 6.81. The maximum absolute atomic E-state index is 11.7. The molecule has 0 aromatic rings. The van der Waals surface area contributed by atoms with Crippen LogP contribution in [0, 0.1) is 0 Å². The molecule has 0 atom stereocenters. The van der Waals surface area contributed by atoms with Gasteiger partial charge in [-0.2, -0.15) is 0 Å². The lowest BCUT2D eigenvalue weighted by Crippen LogP contribution is -2.40. The van der Waals surface area contributed by atoms with Gasteiger partial charge in [-0.3, -0.25) is 4.90 Å². The molecule has 0 radical (unpaired) electrons. The largest absolute Gasteiger partial charge is 0.379 e. The Morgan fingerprint density at radius 2 is 1.82 bits per heavy atom.